The third-order valence-electron chi connectivity index (χ3n) is 15.5. The van der Waals surface area contributed by atoms with Crippen LogP contribution in [0.4, 0.5) is 0 Å². The molecular formula is C64H53N3. The van der Waals surface area contributed by atoms with Gasteiger partial charge in [-0.3, -0.25) is 0 Å². The summed E-state index contributed by atoms with van der Waals surface area (Å²) in [5.41, 5.74) is 17.9. The Labute approximate surface area is 390 Å². The molecule has 0 aliphatic heterocycles. The third-order valence-corrected chi connectivity index (χ3v) is 15.5. The molecule has 0 aliphatic rings. The van der Waals surface area contributed by atoms with Gasteiger partial charge in [-0.1, -0.05) is 135 Å². The molecule has 67 heavy (non-hydrogen) atoms. The van der Waals surface area contributed by atoms with Crippen LogP contribution in [0.2, 0.25) is 0 Å². The van der Waals surface area contributed by atoms with E-state index in [2.05, 4.69) is 233 Å². The molecule has 14 rings (SSSR count). The summed E-state index contributed by atoms with van der Waals surface area (Å²) in [4.78, 5) is 0. The molecule has 3 heteroatoms. The Balaban J connectivity index is 1.17. The highest BCUT2D eigenvalue weighted by molar-refractivity contribution is 6.32. The molecule has 0 radical (unpaired) electrons. The molecule has 3 nitrogen and oxygen atoms in total. The standard InChI is InChI=1S/C64H53N3/c1-62(2,3)38-24-26-55-45(29-38)49-30-39(63(4,5)6)31-50-46-35-57-47(34-56(46)66(55)59(49)50)51-32-40(64(7,8)9)33-52-48-27-36-17-13-14-20-42(36)58(61(48)67(57)60(51)52)37-23-25-54-44(28-37)43-21-15-16-22-53(43)65(54)41-18-11-10-12-19-41/h10-35H,1-9H3. The minimum Gasteiger partial charge on any atom is -0.309 e. The summed E-state index contributed by atoms with van der Waals surface area (Å²) in [6.45, 7) is 21.1. The van der Waals surface area contributed by atoms with Crippen LogP contribution < -0.4 is 0 Å². The maximum atomic E-state index is 2.66. The van der Waals surface area contributed by atoms with E-state index >= 15 is 0 Å². The first-order valence-electron chi connectivity index (χ1n) is 24.1. The zero-order chi connectivity index (χ0) is 45.6. The molecule has 0 amide bonds. The van der Waals surface area contributed by atoms with Crippen LogP contribution in [0.1, 0.15) is 79.0 Å². The predicted molar refractivity (Wildman–Crippen MR) is 289 cm³/mol. The molecule has 0 unspecified atom stereocenters. The average molecular weight is 864 g/mol. The van der Waals surface area contributed by atoms with Crippen molar-refractivity contribution in [3.05, 3.63) is 174 Å². The number of benzene rings is 9. The summed E-state index contributed by atoms with van der Waals surface area (Å²) in [6.07, 6.45) is 0. The summed E-state index contributed by atoms with van der Waals surface area (Å²) in [5, 5.41) is 15.6. The summed E-state index contributed by atoms with van der Waals surface area (Å²) >= 11 is 0. The molecule has 9 aromatic carbocycles. The smallest absolute Gasteiger partial charge is 0.0626 e. The Morgan fingerprint density at radius 1 is 0.299 bits per heavy atom. The van der Waals surface area contributed by atoms with Gasteiger partial charge in [0.15, 0.2) is 0 Å². The fourth-order valence-corrected chi connectivity index (χ4v) is 12.0. The van der Waals surface area contributed by atoms with Gasteiger partial charge in [0.2, 0.25) is 0 Å². The Morgan fingerprint density at radius 2 is 0.776 bits per heavy atom. The Bertz CT molecular complexity index is 4410. The number of fused-ring (bicyclic) bond motifs is 16. The van der Waals surface area contributed by atoms with E-state index in [0.29, 0.717) is 0 Å². The van der Waals surface area contributed by atoms with E-state index in [0.717, 1.165) is 0 Å². The molecule has 14 aromatic rings. The number of para-hydroxylation sites is 2. The first-order valence-corrected chi connectivity index (χ1v) is 24.1. The van der Waals surface area contributed by atoms with E-state index < -0.39 is 0 Å². The second-order valence-corrected chi connectivity index (χ2v) is 22.7. The van der Waals surface area contributed by atoms with E-state index in [-0.39, 0.29) is 16.2 Å². The minimum atomic E-state index is -0.0522. The van der Waals surface area contributed by atoms with Crippen LogP contribution >= 0.6 is 0 Å². The molecule has 0 saturated carbocycles. The maximum absolute atomic E-state index is 2.66. The minimum absolute atomic E-state index is 0.0208. The van der Waals surface area contributed by atoms with E-state index in [1.807, 2.05) is 0 Å². The first kappa shape index (κ1) is 38.9. The van der Waals surface area contributed by atoms with Gasteiger partial charge < -0.3 is 13.4 Å². The molecule has 0 bridgehead atoms. The number of nitrogens with zero attached hydrogens (tertiary/aromatic N) is 3. The first-order chi connectivity index (χ1) is 32.1. The van der Waals surface area contributed by atoms with Crippen LogP contribution in [0.25, 0.3) is 126 Å². The molecule has 0 spiro atoms. The van der Waals surface area contributed by atoms with Gasteiger partial charge in [0.05, 0.1) is 44.1 Å². The predicted octanol–water partition coefficient (Wildman–Crippen LogP) is 17.8. The Hall–Kier alpha value is -7.36. The second kappa shape index (κ2) is 12.7. The molecule has 324 valence electrons. The molecule has 0 saturated heterocycles. The van der Waals surface area contributed by atoms with Gasteiger partial charge in [-0.05, 0) is 134 Å². The van der Waals surface area contributed by atoms with E-state index in [1.54, 1.807) is 0 Å². The van der Waals surface area contributed by atoms with Crippen LogP contribution in [0.15, 0.2) is 158 Å². The van der Waals surface area contributed by atoms with Gasteiger partial charge >= 0.3 is 0 Å². The van der Waals surface area contributed by atoms with Crippen LogP contribution in [-0.2, 0) is 16.2 Å². The third kappa shape index (κ3) is 5.18. The topological polar surface area (TPSA) is 13.8 Å². The molecule has 0 fully saturated rings. The van der Waals surface area contributed by atoms with Crippen molar-refractivity contribution in [2.75, 3.05) is 0 Å². The van der Waals surface area contributed by atoms with Gasteiger partial charge in [-0.25, -0.2) is 0 Å². The van der Waals surface area contributed by atoms with E-state index in [4.69, 9.17) is 0 Å². The normalized spacial score (nSPS) is 13.4. The van der Waals surface area contributed by atoms with Crippen molar-refractivity contribution in [3.63, 3.8) is 0 Å². The number of aromatic nitrogens is 3. The number of hydrogen-bond donors (Lipinski definition) is 0. The lowest BCUT2D eigenvalue weighted by molar-refractivity contribution is 0.590. The van der Waals surface area contributed by atoms with Crippen molar-refractivity contribution >= 4 is 109 Å². The maximum Gasteiger partial charge on any atom is 0.0626 e. The van der Waals surface area contributed by atoms with Gasteiger partial charge in [0.25, 0.3) is 0 Å². The van der Waals surface area contributed by atoms with Gasteiger partial charge in [0.1, 0.15) is 0 Å². The zero-order valence-corrected chi connectivity index (χ0v) is 39.9. The summed E-state index contributed by atoms with van der Waals surface area (Å²) < 4.78 is 7.67. The van der Waals surface area contributed by atoms with Crippen LogP contribution in [-0.4, -0.2) is 13.4 Å². The lowest BCUT2D eigenvalue weighted by Crippen LogP contribution is -2.11. The molecule has 0 atom stereocenters. The van der Waals surface area contributed by atoms with Crippen LogP contribution in [0, 0.1) is 0 Å². The van der Waals surface area contributed by atoms with E-state index in [9.17, 15) is 0 Å². The summed E-state index contributed by atoms with van der Waals surface area (Å²) in [5.74, 6) is 0. The van der Waals surface area contributed by atoms with Crippen molar-refractivity contribution in [3.8, 4) is 16.8 Å². The van der Waals surface area contributed by atoms with Gasteiger partial charge in [-0.2, -0.15) is 0 Å². The second-order valence-electron chi connectivity index (χ2n) is 22.7. The van der Waals surface area contributed by atoms with Crippen molar-refractivity contribution in [1.82, 2.24) is 13.4 Å². The quantitative estimate of drug-likeness (QED) is 0.164. The molecule has 0 aliphatic carbocycles. The lowest BCUT2D eigenvalue weighted by atomic mass is 9.84. The Kier molecular flexibility index (Phi) is 7.39. The Morgan fingerprint density at radius 3 is 1.43 bits per heavy atom. The van der Waals surface area contributed by atoms with E-state index in [1.165, 1.54) is 142 Å². The van der Waals surface area contributed by atoms with Crippen LogP contribution in [0.3, 0.4) is 0 Å². The van der Waals surface area contributed by atoms with Crippen molar-refractivity contribution in [2.24, 2.45) is 0 Å². The lowest BCUT2D eigenvalue weighted by Gasteiger charge is -2.20. The molecule has 0 N–H and O–H groups in total. The highest BCUT2D eigenvalue weighted by Gasteiger charge is 2.29. The molecule has 5 aromatic heterocycles. The van der Waals surface area contributed by atoms with Crippen molar-refractivity contribution in [2.45, 2.75) is 78.6 Å². The van der Waals surface area contributed by atoms with Crippen LogP contribution in [0.5, 0.6) is 0 Å². The summed E-state index contributed by atoms with van der Waals surface area (Å²) in [6, 6.07) is 60.8. The fraction of sp³-hybridized carbons (Fsp3) is 0.188. The summed E-state index contributed by atoms with van der Waals surface area (Å²) in [7, 11) is 0. The van der Waals surface area contributed by atoms with Gasteiger partial charge in [-0.15, -0.1) is 0 Å². The number of hydrogen-bond acceptors (Lipinski definition) is 0. The highest BCUT2D eigenvalue weighted by Crippen LogP contribution is 2.50. The van der Waals surface area contributed by atoms with Gasteiger partial charge in [0, 0.05) is 65.1 Å². The SMILES string of the molecule is CC(C)(C)c1ccc2c(c1)c1cc(C(C)(C)C)cc3c4cc5c(cc4n2c13)c1cc(C(C)(C)C)cc2c3cc4ccccc4c(-c4ccc6c(c4)c4ccccc4n6-c4ccccc4)c3n5c12. The largest absolute Gasteiger partial charge is 0.309 e. The monoisotopic (exact) mass is 863 g/mol. The molecular weight excluding hydrogens is 811 g/mol. The average Bonchev–Trinajstić information content (AvgIpc) is 4.09. The molecule has 5 heterocycles. The number of rotatable bonds is 2. The fourth-order valence-electron chi connectivity index (χ4n) is 12.0. The highest BCUT2D eigenvalue weighted by atomic mass is 15.0. The van der Waals surface area contributed by atoms with Crippen molar-refractivity contribution < 1.29 is 0 Å². The zero-order valence-electron chi connectivity index (χ0n) is 39.9. The van der Waals surface area contributed by atoms with Crippen molar-refractivity contribution in [1.29, 1.82) is 0 Å².